The first-order valence-corrected chi connectivity index (χ1v) is 12.3. The zero-order valence-corrected chi connectivity index (χ0v) is 20.3. The van der Waals surface area contributed by atoms with Gasteiger partial charge < -0.3 is 24.2 Å². The second-order valence-electron chi connectivity index (χ2n) is 10.1. The summed E-state index contributed by atoms with van der Waals surface area (Å²) in [6.07, 6.45) is 0.0932. The van der Waals surface area contributed by atoms with E-state index in [9.17, 15) is 19.2 Å². The van der Waals surface area contributed by atoms with Crippen molar-refractivity contribution in [3.05, 3.63) is 23.1 Å². The molecule has 0 aliphatic carbocycles. The van der Waals surface area contributed by atoms with Crippen LogP contribution in [-0.4, -0.2) is 73.0 Å². The van der Waals surface area contributed by atoms with Gasteiger partial charge in [0.15, 0.2) is 16.9 Å². The quantitative estimate of drug-likeness (QED) is 0.493. The van der Waals surface area contributed by atoms with E-state index < -0.39 is 47.1 Å². The first-order valence-electron chi connectivity index (χ1n) is 12.3. The molecule has 12 nitrogen and oxygen atoms in total. The Kier molecular flexibility index (Phi) is 5.46. The number of nitrogens with zero attached hydrogens (tertiary/aromatic N) is 2. The third kappa shape index (κ3) is 3.51. The van der Waals surface area contributed by atoms with Crippen LogP contribution in [-0.2, 0) is 25.5 Å². The molecule has 0 bridgehead atoms. The summed E-state index contributed by atoms with van der Waals surface area (Å²) < 4.78 is 32.7. The number of carbonyl (C=O) groups is 4. The largest absolute Gasteiger partial charge is 0.381 e. The van der Waals surface area contributed by atoms with Gasteiger partial charge in [0.25, 0.3) is 5.91 Å². The number of hydrogen-bond acceptors (Lipinski definition) is 9. The Balaban J connectivity index is 1.48. The standard InChI is InChI=1S/C24H26FN5O7/c1-10-9-30-17-12(8-24(19(30)11(2)36-10)21(32)27-23(34)28-22(24)33)7-14-16(29-37-18(14)15(17)25)20(31)26-13-3-5-35-6-4-13/h7,10-11,13,19H,3-6,8-9H2,1-2H3,(H,26,31)(H2,27,28,32,33,34)/t10-,11+,19-/m0/s1. The van der Waals surface area contributed by atoms with Crippen LogP contribution in [0.5, 0.6) is 0 Å². The summed E-state index contributed by atoms with van der Waals surface area (Å²) in [6, 6.07) is -0.370. The van der Waals surface area contributed by atoms with E-state index in [0.717, 1.165) is 0 Å². The lowest BCUT2D eigenvalue weighted by Gasteiger charge is -2.55. The normalized spacial score (nSPS) is 27.5. The fraction of sp³-hybridized carbons (Fsp3) is 0.542. The number of urea groups is 1. The van der Waals surface area contributed by atoms with Crippen LogP contribution >= 0.6 is 0 Å². The zero-order valence-electron chi connectivity index (χ0n) is 20.3. The van der Waals surface area contributed by atoms with Gasteiger partial charge in [0.2, 0.25) is 17.4 Å². The van der Waals surface area contributed by atoms with E-state index >= 15 is 4.39 Å². The first-order chi connectivity index (χ1) is 17.7. The molecule has 3 atom stereocenters. The molecule has 2 aromatic rings. The number of anilines is 1. The molecule has 196 valence electrons. The maximum Gasteiger partial charge on any atom is 0.328 e. The summed E-state index contributed by atoms with van der Waals surface area (Å²) in [5.74, 6) is -2.81. The molecule has 6 rings (SSSR count). The zero-order chi connectivity index (χ0) is 26.1. The van der Waals surface area contributed by atoms with E-state index in [4.69, 9.17) is 14.0 Å². The molecule has 0 unspecified atom stereocenters. The Bertz CT molecular complexity index is 1320. The van der Waals surface area contributed by atoms with Gasteiger partial charge in [-0.15, -0.1) is 0 Å². The van der Waals surface area contributed by atoms with Crippen LogP contribution in [0.1, 0.15) is 42.7 Å². The summed E-state index contributed by atoms with van der Waals surface area (Å²) >= 11 is 0. The van der Waals surface area contributed by atoms with E-state index in [-0.39, 0.29) is 47.5 Å². The first kappa shape index (κ1) is 23.8. The van der Waals surface area contributed by atoms with Gasteiger partial charge in [0.05, 0.1) is 29.3 Å². The van der Waals surface area contributed by atoms with E-state index in [1.165, 1.54) is 0 Å². The number of benzene rings is 1. The molecular formula is C24H26FN5O7. The molecule has 1 spiro atoms. The molecule has 4 aliphatic rings. The fourth-order valence-electron chi connectivity index (χ4n) is 6.21. The number of halogens is 1. The smallest absolute Gasteiger partial charge is 0.328 e. The summed E-state index contributed by atoms with van der Waals surface area (Å²) in [5, 5.41) is 11.3. The molecule has 1 aromatic heterocycles. The summed E-state index contributed by atoms with van der Waals surface area (Å²) in [5.41, 5.74) is -1.55. The third-order valence-electron chi connectivity index (χ3n) is 7.74. The van der Waals surface area contributed by atoms with Crippen molar-refractivity contribution in [3.8, 4) is 0 Å². The van der Waals surface area contributed by atoms with Crippen molar-refractivity contribution in [1.82, 2.24) is 21.1 Å². The number of ether oxygens (including phenoxy) is 2. The lowest BCUT2D eigenvalue weighted by molar-refractivity contribution is -0.153. The highest BCUT2D eigenvalue weighted by molar-refractivity contribution is 6.20. The van der Waals surface area contributed by atoms with Gasteiger partial charge in [0.1, 0.15) is 0 Å². The van der Waals surface area contributed by atoms with E-state index in [1.807, 2.05) is 6.92 Å². The number of amides is 5. The molecule has 0 saturated carbocycles. The number of imide groups is 2. The number of rotatable bonds is 2. The topological polar surface area (TPSA) is 152 Å². The fourth-order valence-corrected chi connectivity index (χ4v) is 6.21. The monoisotopic (exact) mass is 515 g/mol. The van der Waals surface area contributed by atoms with E-state index in [2.05, 4.69) is 21.1 Å². The molecule has 5 amide bonds. The van der Waals surface area contributed by atoms with Crippen molar-refractivity contribution < 1.29 is 37.6 Å². The number of barbiturate groups is 1. The van der Waals surface area contributed by atoms with Crippen LogP contribution in [0.4, 0.5) is 14.9 Å². The molecule has 3 N–H and O–H groups in total. The highest BCUT2D eigenvalue weighted by Gasteiger charge is 2.63. The average molecular weight is 515 g/mol. The van der Waals surface area contributed by atoms with Crippen molar-refractivity contribution in [2.75, 3.05) is 24.7 Å². The molecule has 4 aliphatic heterocycles. The Labute approximate surface area is 210 Å². The molecule has 1 aromatic carbocycles. The second-order valence-corrected chi connectivity index (χ2v) is 10.1. The van der Waals surface area contributed by atoms with Crippen LogP contribution in [0.25, 0.3) is 11.0 Å². The van der Waals surface area contributed by atoms with Crippen molar-refractivity contribution in [2.24, 2.45) is 5.41 Å². The summed E-state index contributed by atoms with van der Waals surface area (Å²) in [4.78, 5) is 53.2. The molecule has 3 saturated heterocycles. The van der Waals surface area contributed by atoms with Gasteiger partial charge >= 0.3 is 6.03 Å². The highest BCUT2D eigenvalue weighted by atomic mass is 19.1. The van der Waals surface area contributed by atoms with Crippen molar-refractivity contribution in [2.45, 2.75) is 57.4 Å². The van der Waals surface area contributed by atoms with Crippen molar-refractivity contribution in [1.29, 1.82) is 0 Å². The molecule has 13 heteroatoms. The molecular weight excluding hydrogens is 489 g/mol. The lowest BCUT2D eigenvalue weighted by Crippen LogP contribution is -2.75. The Morgan fingerprint density at radius 1 is 1.19 bits per heavy atom. The maximum absolute atomic E-state index is 16.1. The summed E-state index contributed by atoms with van der Waals surface area (Å²) in [7, 11) is 0. The molecule has 3 fully saturated rings. The number of morpholine rings is 1. The van der Waals surface area contributed by atoms with E-state index in [0.29, 0.717) is 31.6 Å². The van der Waals surface area contributed by atoms with Crippen LogP contribution in [0, 0.1) is 11.2 Å². The van der Waals surface area contributed by atoms with Gasteiger partial charge in [-0.25, -0.2) is 9.18 Å². The Morgan fingerprint density at radius 3 is 2.59 bits per heavy atom. The Hall–Kier alpha value is -3.58. The number of nitrogens with one attached hydrogen (secondary N) is 3. The van der Waals surface area contributed by atoms with E-state index in [1.54, 1.807) is 17.9 Å². The minimum Gasteiger partial charge on any atom is -0.381 e. The second kappa shape index (κ2) is 8.48. The summed E-state index contributed by atoms with van der Waals surface area (Å²) in [6.45, 7) is 4.76. The van der Waals surface area contributed by atoms with Gasteiger partial charge in [-0.05, 0) is 38.3 Å². The molecule has 37 heavy (non-hydrogen) atoms. The highest BCUT2D eigenvalue weighted by Crippen LogP contribution is 2.49. The van der Waals surface area contributed by atoms with Crippen LogP contribution in [0.15, 0.2) is 10.6 Å². The van der Waals surface area contributed by atoms with Crippen LogP contribution in [0.2, 0.25) is 0 Å². The Morgan fingerprint density at radius 2 is 1.89 bits per heavy atom. The van der Waals surface area contributed by atoms with Gasteiger partial charge in [-0.1, -0.05) is 5.16 Å². The number of carbonyl (C=O) groups excluding carboxylic acids is 4. The minimum atomic E-state index is -1.76. The van der Waals surface area contributed by atoms with Crippen LogP contribution < -0.4 is 20.9 Å². The lowest BCUT2D eigenvalue weighted by atomic mass is 9.66. The predicted molar refractivity (Wildman–Crippen MR) is 124 cm³/mol. The van der Waals surface area contributed by atoms with Gasteiger partial charge in [-0.3, -0.25) is 25.0 Å². The van der Waals surface area contributed by atoms with Crippen molar-refractivity contribution >= 4 is 40.4 Å². The molecule has 5 heterocycles. The number of fused-ring (bicyclic) bond motifs is 5. The predicted octanol–water partition coefficient (Wildman–Crippen LogP) is 0.766. The molecule has 0 radical (unpaired) electrons. The maximum atomic E-state index is 16.1. The minimum absolute atomic E-state index is 0.0872. The van der Waals surface area contributed by atoms with Crippen LogP contribution in [0.3, 0.4) is 0 Å². The number of aromatic nitrogens is 1. The van der Waals surface area contributed by atoms with Gasteiger partial charge in [-0.2, -0.15) is 0 Å². The van der Waals surface area contributed by atoms with Crippen molar-refractivity contribution in [3.63, 3.8) is 0 Å². The average Bonchev–Trinajstić information content (AvgIpc) is 3.27. The van der Waals surface area contributed by atoms with Gasteiger partial charge in [0, 0.05) is 32.2 Å². The third-order valence-corrected chi connectivity index (χ3v) is 7.74. The SMILES string of the molecule is C[C@H]1CN2c3c(cc4c(C(=O)NC5CCOCC5)noc4c3F)CC3(C(=O)NC(=O)NC3=O)[C@@H]2[C@@H](C)O1. The number of hydrogen-bond donors (Lipinski definition) is 3.